The lowest BCUT2D eigenvalue weighted by molar-refractivity contribution is 0.0728. The van der Waals surface area contributed by atoms with Crippen molar-refractivity contribution in [2.45, 2.75) is 38.8 Å². The molecule has 2 aliphatic heterocycles. The molecule has 5 nitrogen and oxygen atoms in total. The summed E-state index contributed by atoms with van der Waals surface area (Å²) in [6, 6.07) is 6.71. The van der Waals surface area contributed by atoms with Crippen molar-refractivity contribution in [1.82, 2.24) is 19.7 Å². The lowest BCUT2D eigenvalue weighted by atomic mass is 10.0. The first-order valence-electron chi connectivity index (χ1n) is 8.84. The van der Waals surface area contributed by atoms with Crippen LogP contribution >= 0.6 is 0 Å². The summed E-state index contributed by atoms with van der Waals surface area (Å²) >= 11 is 0. The van der Waals surface area contributed by atoms with Crippen LogP contribution in [0.4, 0.5) is 4.39 Å². The van der Waals surface area contributed by atoms with Gasteiger partial charge in [0.05, 0.1) is 0 Å². The van der Waals surface area contributed by atoms with Gasteiger partial charge in [0.15, 0.2) is 5.69 Å². The molecule has 0 spiro atoms. The Kier molecular flexibility index (Phi) is 3.20. The number of rotatable bonds is 1. The molecule has 128 valence electrons. The first kappa shape index (κ1) is 14.7. The number of carbonyl (C=O) groups is 1. The summed E-state index contributed by atoms with van der Waals surface area (Å²) in [6.07, 6.45) is 4.03. The van der Waals surface area contributed by atoms with Gasteiger partial charge in [-0.05, 0) is 43.5 Å². The van der Waals surface area contributed by atoms with Gasteiger partial charge in [-0.1, -0.05) is 0 Å². The van der Waals surface area contributed by atoms with E-state index < -0.39 is 0 Å². The molecule has 0 saturated carbocycles. The van der Waals surface area contributed by atoms with E-state index in [-0.39, 0.29) is 11.7 Å². The number of halogens is 1. The van der Waals surface area contributed by atoms with Crippen LogP contribution in [0.5, 0.6) is 0 Å². The molecule has 1 amide bonds. The van der Waals surface area contributed by atoms with Gasteiger partial charge in [-0.15, -0.1) is 0 Å². The molecule has 4 heterocycles. The molecule has 0 atom stereocenters. The van der Waals surface area contributed by atoms with E-state index in [1.54, 1.807) is 12.1 Å². The number of nitrogens with zero attached hydrogens (tertiary/aromatic N) is 3. The normalized spacial score (nSPS) is 16.8. The van der Waals surface area contributed by atoms with Crippen LogP contribution in [0.3, 0.4) is 0 Å². The van der Waals surface area contributed by atoms with Crippen molar-refractivity contribution < 1.29 is 9.18 Å². The van der Waals surface area contributed by atoms with Crippen LogP contribution in [-0.4, -0.2) is 32.1 Å². The molecule has 25 heavy (non-hydrogen) atoms. The van der Waals surface area contributed by atoms with Crippen molar-refractivity contribution in [3.63, 3.8) is 0 Å². The third-order valence-corrected chi connectivity index (χ3v) is 5.36. The van der Waals surface area contributed by atoms with Crippen LogP contribution in [0, 0.1) is 5.82 Å². The second-order valence-electron chi connectivity index (χ2n) is 6.95. The lowest BCUT2D eigenvalue weighted by Gasteiger charge is -2.26. The molecule has 5 rings (SSSR count). The number of H-pyrrole nitrogens is 1. The zero-order valence-electron chi connectivity index (χ0n) is 13.9. The minimum absolute atomic E-state index is 0.0293. The highest BCUT2D eigenvalue weighted by molar-refractivity contribution is 5.93. The molecule has 0 fully saturated rings. The molecular formula is C19H19FN4O. The smallest absolute Gasteiger partial charge is 0.274 e. The van der Waals surface area contributed by atoms with Crippen molar-refractivity contribution in [3.8, 4) is 0 Å². The number of aromatic amines is 1. The number of hydrogen-bond donors (Lipinski definition) is 1. The van der Waals surface area contributed by atoms with Crippen molar-refractivity contribution in [2.75, 3.05) is 6.54 Å². The zero-order valence-corrected chi connectivity index (χ0v) is 13.9. The van der Waals surface area contributed by atoms with Gasteiger partial charge in [0, 0.05) is 53.9 Å². The lowest BCUT2D eigenvalue weighted by Crippen LogP contribution is -2.36. The fourth-order valence-corrected chi connectivity index (χ4v) is 4.04. The monoisotopic (exact) mass is 338 g/mol. The van der Waals surface area contributed by atoms with Crippen molar-refractivity contribution >= 4 is 16.8 Å². The van der Waals surface area contributed by atoms with Gasteiger partial charge in [0.25, 0.3) is 5.91 Å². The van der Waals surface area contributed by atoms with Crippen molar-refractivity contribution in [3.05, 3.63) is 52.7 Å². The minimum Gasteiger partial charge on any atom is -0.358 e. The predicted octanol–water partition coefficient (Wildman–Crippen LogP) is 3.04. The van der Waals surface area contributed by atoms with Crippen molar-refractivity contribution in [2.24, 2.45) is 0 Å². The van der Waals surface area contributed by atoms with Crippen LogP contribution in [0.2, 0.25) is 0 Å². The summed E-state index contributed by atoms with van der Waals surface area (Å²) in [7, 11) is 0. The van der Waals surface area contributed by atoms with E-state index in [2.05, 4.69) is 10.1 Å². The van der Waals surface area contributed by atoms with Gasteiger partial charge in [-0.3, -0.25) is 9.48 Å². The number of nitrogens with one attached hydrogen (secondary N) is 1. The Morgan fingerprint density at radius 2 is 2.08 bits per heavy atom. The van der Waals surface area contributed by atoms with Gasteiger partial charge in [0.2, 0.25) is 0 Å². The Labute approximate surface area is 144 Å². The van der Waals surface area contributed by atoms with Gasteiger partial charge in [-0.2, -0.15) is 5.10 Å². The molecule has 2 aromatic heterocycles. The summed E-state index contributed by atoms with van der Waals surface area (Å²) in [5.41, 5.74) is 4.75. The fraction of sp³-hybridized carbons (Fsp3) is 0.368. The highest BCUT2D eigenvalue weighted by atomic mass is 19.1. The van der Waals surface area contributed by atoms with E-state index in [4.69, 9.17) is 0 Å². The van der Waals surface area contributed by atoms with E-state index in [0.29, 0.717) is 18.8 Å². The quantitative estimate of drug-likeness (QED) is 0.741. The number of amides is 1. The Morgan fingerprint density at radius 3 is 2.96 bits per heavy atom. The molecule has 0 saturated heterocycles. The first-order valence-corrected chi connectivity index (χ1v) is 8.84. The van der Waals surface area contributed by atoms with E-state index in [9.17, 15) is 9.18 Å². The molecule has 0 bridgehead atoms. The fourth-order valence-electron chi connectivity index (χ4n) is 4.04. The van der Waals surface area contributed by atoms with Gasteiger partial charge in [-0.25, -0.2) is 4.39 Å². The summed E-state index contributed by atoms with van der Waals surface area (Å²) in [5, 5.41) is 5.38. The van der Waals surface area contributed by atoms with E-state index in [0.717, 1.165) is 60.1 Å². The Hall–Kier alpha value is -2.63. The number of aryl methyl sites for hydroxylation is 2. The molecule has 1 aromatic carbocycles. The molecule has 6 heteroatoms. The van der Waals surface area contributed by atoms with Gasteiger partial charge in [0.1, 0.15) is 5.82 Å². The highest BCUT2D eigenvalue weighted by Crippen LogP contribution is 2.29. The maximum Gasteiger partial charge on any atom is 0.274 e. The molecule has 2 aliphatic rings. The molecule has 0 radical (unpaired) electrons. The average molecular weight is 338 g/mol. The van der Waals surface area contributed by atoms with Crippen LogP contribution in [0.1, 0.15) is 40.3 Å². The SMILES string of the molecule is O=C(c1cc2n(n1)CCCC2)N1CCc2[nH]c3ccc(F)cc3c2C1. The Bertz CT molecular complexity index is 963. The van der Waals surface area contributed by atoms with E-state index in [1.807, 2.05) is 15.6 Å². The third-order valence-electron chi connectivity index (χ3n) is 5.36. The van der Waals surface area contributed by atoms with Crippen LogP contribution in [-0.2, 0) is 25.9 Å². The van der Waals surface area contributed by atoms with E-state index >= 15 is 0 Å². The van der Waals surface area contributed by atoms with Crippen LogP contribution < -0.4 is 0 Å². The molecule has 0 aliphatic carbocycles. The van der Waals surface area contributed by atoms with Gasteiger partial charge >= 0.3 is 0 Å². The van der Waals surface area contributed by atoms with E-state index in [1.165, 1.54) is 6.07 Å². The largest absolute Gasteiger partial charge is 0.358 e. The molecular weight excluding hydrogens is 319 g/mol. The van der Waals surface area contributed by atoms with Crippen LogP contribution in [0.15, 0.2) is 24.3 Å². The topological polar surface area (TPSA) is 53.9 Å². The molecule has 1 N–H and O–H groups in total. The first-order chi connectivity index (χ1) is 12.2. The van der Waals surface area contributed by atoms with Gasteiger partial charge < -0.3 is 9.88 Å². The second kappa shape index (κ2) is 5.44. The maximum absolute atomic E-state index is 13.6. The standard InChI is InChI=1S/C19H19FN4O/c20-12-4-5-16-14(9-12)15-11-23(8-6-17(15)21-16)19(25)18-10-13-3-1-2-7-24(13)22-18/h4-5,9-10,21H,1-3,6-8,11H2. The predicted molar refractivity (Wildman–Crippen MR) is 91.9 cm³/mol. The Morgan fingerprint density at radius 1 is 1.16 bits per heavy atom. The third kappa shape index (κ3) is 2.35. The van der Waals surface area contributed by atoms with Crippen LogP contribution in [0.25, 0.3) is 10.9 Å². The molecule has 3 aromatic rings. The minimum atomic E-state index is -0.250. The van der Waals surface area contributed by atoms with Crippen molar-refractivity contribution in [1.29, 1.82) is 0 Å². The zero-order chi connectivity index (χ0) is 17.0. The maximum atomic E-state index is 13.6. The number of benzene rings is 1. The number of fused-ring (bicyclic) bond motifs is 4. The summed E-state index contributed by atoms with van der Waals surface area (Å²) in [6.45, 7) is 2.05. The summed E-state index contributed by atoms with van der Waals surface area (Å²) in [5.74, 6) is -0.280. The number of hydrogen-bond acceptors (Lipinski definition) is 2. The number of carbonyl (C=O) groups excluding carboxylic acids is 1. The highest BCUT2D eigenvalue weighted by Gasteiger charge is 2.27. The molecule has 0 unspecified atom stereocenters. The summed E-state index contributed by atoms with van der Waals surface area (Å²) < 4.78 is 15.6. The summed E-state index contributed by atoms with van der Waals surface area (Å²) in [4.78, 5) is 18.1. The Balaban J connectivity index is 1.46. The number of aromatic nitrogens is 3. The second-order valence-corrected chi connectivity index (χ2v) is 6.95. The average Bonchev–Trinajstić information content (AvgIpc) is 3.21.